The molecule has 1 aromatic carbocycles. The first-order chi connectivity index (χ1) is 9.85. The second-order valence-corrected chi connectivity index (χ2v) is 5.84. The number of nitrogens with one attached hydrogen (secondary N) is 1. The molecule has 1 heterocycles. The van der Waals surface area contributed by atoms with Gasteiger partial charge in [0.05, 0.1) is 0 Å². The number of benzene rings is 1. The fourth-order valence-electron chi connectivity index (χ4n) is 3.08. The highest BCUT2D eigenvalue weighted by Crippen LogP contribution is 2.30. The van der Waals surface area contributed by atoms with Crippen LogP contribution in [0, 0.1) is 0 Å². The molecular formula is C18H29NO. The minimum absolute atomic E-state index is 0.318. The van der Waals surface area contributed by atoms with Gasteiger partial charge in [-0.05, 0) is 24.6 Å². The van der Waals surface area contributed by atoms with E-state index in [-0.39, 0.29) is 0 Å². The number of likely N-dealkylation sites (N-methyl/N-ethyl adjacent to an activating group) is 1. The Kier molecular flexibility index (Phi) is 6.38. The average Bonchev–Trinajstić information content (AvgIpc) is 2.89. The van der Waals surface area contributed by atoms with Gasteiger partial charge in [-0.2, -0.15) is 0 Å². The average molecular weight is 275 g/mol. The fourth-order valence-corrected chi connectivity index (χ4v) is 3.08. The van der Waals surface area contributed by atoms with Crippen molar-refractivity contribution in [2.24, 2.45) is 0 Å². The van der Waals surface area contributed by atoms with E-state index in [2.05, 4.69) is 43.4 Å². The summed E-state index contributed by atoms with van der Waals surface area (Å²) in [5.74, 6) is 1.09. The number of fused-ring (bicyclic) bond motifs is 1. The minimum Gasteiger partial charge on any atom is -0.488 e. The van der Waals surface area contributed by atoms with Crippen LogP contribution in [0.1, 0.15) is 57.9 Å². The lowest BCUT2D eigenvalue weighted by Crippen LogP contribution is -2.42. The van der Waals surface area contributed by atoms with Crippen LogP contribution in [-0.4, -0.2) is 18.7 Å². The Labute approximate surface area is 123 Å². The molecule has 2 rings (SSSR count). The number of unbranched alkanes of at least 4 members (excludes halogenated alkanes) is 4. The number of hydrogen-bond acceptors (Lipinski definition) is 2. The zero-order chi connectivity index (χ0) is 14.2. The first kappa shape index (κ1) is 15.4. The summed E-state index contributed by atoms with van der Waals surface area (Å²) in [6, 6.07) is 8.96. The maximum atomic E-state index is 6.14. The van der Waals surface area contributed by atoms with Crippen molar-refractivity contribution in [1.82, 2.24) is 5.32 Å². The van der Waals surface area contributed by atoms with E-state index in [1.54, 1.807) is 0 Å². The largest absolute Gasteiger partial charge is 0.488 e. The van der Waals surface area contributed by atoms with Crippen molar-refractivity contribution < 1.29 is 4.74 Å². The van der Waals surface area contributed by atoms with Gasteiger partial charge in [0, 0.05) is 12.5 Å². The van der Waals surface area contributed by atoms with Gasteiger partial charge in [-0.1, -0.05) is 64.2 Å². The first-order valence-corrected chi connectivity index (χ1v) is 8.33. The van der Waals surface area contributed by atoms with E-state index in [9.17, 15) is 0 Å². The van der Waals surface area contributed by atoms with E-state index < -0.39 is 0 Å². The molecule has 2 unspecified atom stereocenters. The van der Waals surface area contributed by atoms with Crippen LogP contribution in [0.5, 0.6) is 5.75 Å². The second-order valence-electron chi connectivity index (χ2n) is 5.84. The lowest BCUT2D eigenvalue weighted by atomic mass is 9.98. The van der Waals surface area contributed by atoms with Crippen LogP contribution in [0.2, 0.25) is 0 Å². The van der Waals surface area contributed by atoms with Crippen molar-refractivity contribution in [3.05, 3.63) is 29.8 Å². The standard InChI is InChI=1S/C18H29NO/c1-3-5-6-7-8-12-16(19-4-2)18-14-15-11-9-10-13-17(15)20-18/h9-11,13,16,18-19H,3-8,12,14H2,1-2H3. The second kappa shape index (κ2) is 8.31. The summed E-state index contributed by atoms with van der Waals surface area (Å²) < 4.78 is 6.14. The molecular weight excluding hydrogens is 246 g/mol. The fraction of sp³-hybridized carbons (Fsp3) is 0.667. The van der Waals surface area contributed by atoms with E-state index in [1.165, 1.54) is 44.1 Å². The van der Waals surface area contributed by atoms with Gasteiger partial charge in [-0.25, -0.2) is 0 Å². The number of para-hydroxylation sites is 1. The zero-order valence-electron chi connectivity index (χ0n) is 13.0. The van der Waals surface area contributed by atoms with Gasteiger partial charge < -0.3 is 10.1 Å². The van der Waals surface area contributed by atoms with Crippen LogP contribution in [0.4, 0.5) is 0 Å². The lowest BCUT2D eigenvalue weighted by molar-refractivity contribution is 0.171. The smallest absolute Gasteiger partial charge is 0.123 e. The molecule has 2 atom stereocenters. The molecule has 0 aliphatic carbocycles. The highest BCUT2D eigenvalue weighted by Gasteiger charge is 2.29. The third-order valence-electron chi connectivity index (χ3n) is 4.21. The van der Waals surface area contributed by atoms with Gasteiger partial charge in [-0.3, -0.25) is 0 Å². The Morgan fingerprint density at radius 2 is 1.95 bits per heavy atom. The summed E-state index contributed by atoms with van der Waals surface area (Å²) in [6.45, 7) is 5.48. The molecule has 0 aromatic heterocycles. The van der Waals surface area contributed by atoms with Crippen LogP contribution < -0.4 is 10.1 Å². The van der Waals surface area contributed by atoms with E-state index in [1.807, 2.05) is 0 Å². The maximum absolute atomic E-state index is 6.14. The first-order valence-electron chi connectivity index (χ1n) is 8.33. The maximum Gasteiger partial charge on any atom is 0.123 e. The molecule has 0 amide bonds. The summed E-state index contributed by atoms with van der Waals surface area (Å²) in [6.07, 6.45) is 9.34. The van der Waals surface area contributed by atoms with Crippen molar-refractivity contribution in [1.29, 1.82) is 0 Å². The van der Waals surface area contributed by atoms with Gasteiger partial charge in [-0.15, -0.1) is 0 Å². The third-order valence-corrected chi connectivity index (χ3v) is 4.21. The number of ether oxygens (including phenoxy) is 1. The van der Waals surface area contributed by atoms with E-state index in [4.69, 9.17) is 4.74 Å². The van der Waals surface area contributed by atoms with E-state index in [0.29, 0.717) is 12.1 Å². The molecule has 0 saturated heterocycles. The summed E-state index contributed by atoms with van der Waals surface area (Å²) in [7, 11) is 0. The van der Waals surface area contributed by atoms with Crippen LogP contribution in [0.25, 0.3) is 0 Å². The highest BCUT2D eigenvalue weighted by atomic mass is 16.5. The molecule has 1 N–H and O–H groups in total. The van der Waals surface area contributed by atoms with Crippen molar-refractivity contribution in [3.8, 4) is 5.75 Å². The van der Waals surface area contributed by atoms with E-state index in [0.717, 1.165) is 18.7 Å². The highest BCUT2D eigenvalue weighted by molar-refractivity contribution is 5.37. The zero-order valence-corrected chi connectivity index (χ0v) is 13.0. The molecule has 112 valence electrons. The summed E-state index contributed by atoms with van der Waals surface area (Å²) >= 11 is 0. The van der Waals surface area contributed by atoms with Crippen LogP contribution >= 0.6 is 0 Å². The van der Waals surface area contributed by atoms with Crippen molar-refractivity contribution >= 4 is 0 Å². The van der Waals surface area contributed by atoms with Gasteiger partial charge in [0.1, 0.15) is 11.9 Å². The Bertz CT molecular complexity index is 366. The molecule has 0 spiro atoms. The molecule has 0 saturated carbocycles. The molecule has 20 heavy (non-hydrogen) atoms. The van der Waals surface area contributed by atoms with Gasteiger partial charge in [0.15, 0.2) is 0 Å². The summed E-state index contributed by atoms with van der Waals surface area (Å²) in [5.41, 5.74) is 1.37. The third kappa shape index (κ3) is 4.24. The van der Waals surface area contributed by atoms with Crippen molar-refractivity contribution in [2.75, 3.05) is 6.54 Å². The van der Waals surface area contributed by atoms with Gasteiger partial charge in [0.2, 0.25) is 0 Å². The quantitative estimate of drug-likeness (QED) is 0.677. The SMILES string of the molecule is CCCCCCCC(NCC)C1Cc2ccccc2O1. The van der Waals surface area contributed by atoms with E-state index >= 15 is 0 Å². The predicted molar refractivity (Wildman–Crippen MR) is 85.4 cm³/mol. The lowest BCUT2D eigenvalue weighted by Gasteiger charge is -2.24. The molecule has 1 aliphatic rings. The Morgan fingerprint density at radius 1 is 1.15 bits per heavy atom. The normalized spacial score (nSPS) is 18.6. The molecule has 2 heteroatoms. The molecule has 0 bridgehead atoms. The van der Waals surface area contributed by atoms with Gasteiger partial charge in [0.25, 0.3) is 0 Å². The molecule has 2 nitrogen and oxygen atoms in total. The summed E-state index contributed by atoms with van der Waals surface area (Å²) in [5, 5.41) is 3.63. The number of hydrogen-bond donors (Lipinski definition) is 1. The molecule has 1 aliphatic heterocycles. The Balaban J connectivity index is 1.81. The Hall–Kier alpha value is -1.02. The van der Waals surface area contributed by atoms with Crippen molar-refractivity contribution in [3.63, 3.8) is 0 Å². The van der Waals surface area contributed by atoms with Gasteiger partial charge >= 0.3 is 0 Å². The minimum atomic E-state index is 0.318. The number of rotatable bonds is 9. The van der Waals surface area contributed by atoms with Crippen LogP contribution in [0.3, 0.4) is 0 Å². The van der Waals surface area contributed by atoms with Crippen molar-refractivity contribution in [2.45, 2.75) is 70.9 Å². The monoisotopic (exact) mass is 275 g/mol. The van der Waals surface area contributed by atoms with Crippen LogP contribution in [0.15, 0.2) is 24.3 Å². The molecule has 1 aromatic rings. The summed E-state index contributed by atoms with van der Waals surface area (Å²) in [4.78, 5) is 0. The molecule has 0 fully saturated rings. The topological polar surface area (TPSA) is 21.3 Å². The van der Waals surface area contributed by atoms with Crippen LogP contribution in [-0.2, 0) is 6.42 Å². The molecule has 0 radical (unpaired) electrons. The predicted octanol–water partition coefficient (Wildman–Crippen LogP) is 4.33. The Morgan fingerprint density at radius 3 is 2.70 bits per heavy atom.